The second-order valence-electron chi connectivity index (χ2n) is 19.8. The third kappa shape index (κ3) is 54.2. The topological polar surface area (TPSA) is 111 Å². The number of nitrogens with one attached hydrogen (secondary N) is 1. The summed E-state index contributed by atoms with van der Waals surface area (Å²) in [6.07, 6.45) is 78.2. The summed E-state index contributed by atoms with van der Waals surface area (Å²) in [4.78, 5) is 37.6. The SMILES string of the molecule is CC\C=C/C=C/C=C/C=C\C=C\C=C\CCCCCC(=O)NC(COP(=O)(O)OCC[N+](C)(C)C)C(/C=C/CCCCCCCCCCC)OC(=O)CCCC/C=C\C/C=C\C/C=C\C/C=C\C/C=C\C/C=C\CC. The minimum atomic E-state index is -4.48. The molecule has 0 saturated carbocycles. The zero-order valence-electron chi connectivity index (χ0n) is 48.0. The first-order valence-electron chi connectivity index (χ1n) is 28.9. The molecule has 1 amide bonds. The van der Waals surface area contributed by atoms with Gasteiger partial charge in [-0.05, 0) is 102 Å². The highest BCUT2D eigenvalue weighted by atomic mass is 31.2. The first-order valence-corrected chi connectivity index (χ1v) is 30.4. The van der Waals surface area contributed by atoms with Gasteiger partial charge in [-0.1, -0.05) is 230 Å². The molecule has 75 heavy (non-hydrogen) atoms. The molecule has 2 N–H and O–H groups in total. The fourth-order valence-corrected chi connectivity index (χ4v) is 7.94. The highest BCUT2D eigenvalue weighted by molar-refractivity contribution is 7.47. The highest BCUT2D eigenvalue weighted by Gasteiger charge is 2.30. The van der Waals surface area contributed by atoms with Crippen molar-refractivity contribution in [2.45, 2.75) is 200 Å². The van der Waals surface area contributed by atoms with Crippen LogP contribution >= 0.6 is 7.82 Å². The fourth-order valence-electron chi connectivity index (χ4n) is 7.21. The van der Waals surface area contributed by atoms with Crippen LogP contribution in [0.15, 0.2) is 158 Å². The number of unbranched alkanes of at least 4 members (excludes halogenated alkanes) is 14. The van der Waals surface area contributed by atoms with Crippen LogP contribution in [0.1, 0.15) is 188 Å². The van der Waals surface area contributed by atoms with Crippen LogP contribution < -0.4 is 5.32 Å². The number of rotatable bonds is 49. The van der Waals surface area contributed by atoms with Crippen molar-refractivity contribution in [1.29, 1.82) is 0 Å². The van der Waals surface area contributed by atoms with Gasteiger partial charge >= 0.3 is 13.8 Å². The van der Waals surface area contributed by atoms with Crippen LogP contribution in [-0.2, 0) is 27.9 Å². The third-order valence-corrected chi connectivity index (χ3v) is 12.6. The molecule has 0 radical (unpaired) electrons. The molecule has 0 bridgehead atoms. The van der Waals surface area contributed by atoms with Crippen LogP contribution in [0.4, 0.5) is 0 Å². The number of esters is 1. The average Bonchev–Trinajstić information content (AvgIpc) is 3.37. The number of quaternary nitrogens is 1. The summed E-state index contributed by atoms with van der Waals surface area (Å²) in [5, 5.41) is 3.00. The van der Waals surface area contributed by atoms with Crippen molar-refractivity contribution in [3.63, 3.8) is 0 Å². The van der Waals surface area contributed by atoms with Gasteiger partial charge in [0.15, 0.2) is 0 Å². The summed E-state index contributed by atoms with van der Waals surface area (Å²) < 4.78 is 30.5. The zero-order valence-corrected chi connectivity index (χ0v) is 48.9. The lowest BCUT2D eigenvalue weighted by atomic mass is 10.1. The Hall–Kier alpha value is -4.37. The largest absolute Gasteiger partial charge is 0.472 e. The first-order chi connectivity index (χ1) is 36.4. The molecular formula is C65H106N2O7P+. The Morgan fingerprint density at radius 1 is 0.493 bits per heavy atom. The summed E-state index contributed by atoms with van der Waals surface area (Å²) in [5.74, 6) is -0.625. The van der Waals surface area contributed by atoms with Crippen molar-refractivity contribution >= 4 is 19.7 Å². The van der Waals surface area contributed by atoms with E-state index in [1.165, 1.54) is 44.9 Å². The van der Waals surface area contributed by atoms with Gasteiger partial charge in [0.05, 0.1) is 33.8 Å². The van der Waals surface area contributed by atoms with Gasteiger partial charge in [0, 0.05) is 12.8 Å². The lowest BCUT2D eigenvalue weighted by Gasteiger charge is -2.27. The molecule has 0 fully saturated rings. The van der Waals surface area contributed by atoms with Gasteiger partial charge < -0.3 is 19.4 Å². The molecule has 0 aliphatic rings. The van der Waals surface area contributed by atoms with Gasteiger partial charge in [0.25, 0.3) is 0 Å². The van der Waals surface area contributed by atoms with Crippen LogP contribution in [0.5, 0.6) is 0 Å². The van der Waals surface area contributed by atoms with E-state index in [4.69, 9.17) is 13.8 Å². The lowest BCUT2D eigenvalue weighted by molar-refractivity contribution is -0.870. The molecule has 422 valence electrons. The molecule has 0 saturated heterocycles. The van der Waals surface area contributed by atoms with Crippen LogP contribution in [0.25, 0.3) is 0 Å². The number of ether oxygens (including phenoxy) is 1. The number of hydrogen-bond donors (Lipinski definition) is 2. The molecule has 9 nitrogen and oxygen atoms in total. The van der Waals surface area contributed by atoms with E-state index in [1.807, 2.05) is 94.1 Å². The Labute approximate surface area is 459 Å². The van der Waals surface area contributed by atoms with Crippen molar-refractivity contribution in [1.82, 2.24) is 5.32 Å². The number of carbonyl (C=O) groups excluding carboxylic acids is 2. The number of phosphoric ester groups is 1. The fraction of sp³-hybridized carbons (Fsp3) is 0.569. The number of nitrogens with zero attached hydrogens (tertiary/aromatic N) is 1. The predicted molar refractivity (Wildman–Crippen MR) is 322 cm³/mol. The summed E-state index contributed by atoms with van der Waals surface area (Å²) in [6, 6.07) is -0.902. The van der Waals surface area contributed by atoms with Gasteiger partial charge in [-0.15, -0.1) is 0 Å². The van der Waals surface area contributed by atoms with E-state index in [2.05, 4.69) is 111 Å². The number of amides is 1. The normalized spacial score (nSPS) is 14.9. The lowest BCUT2D eigenvalue weighted by Crippen LogP contribution is -2.47. The summed E-state index contributed by atoms with van der Waals surface area (Å²) in [6.45, 7) is 6.64. The maximum Gasteiger partial charge on any atom is 0.472 e. The number of likely N-dealkylation sites (N-methyl/N-ethyl adjacent to an activating group) is 1. The van der Waals surface area contributed by atoms with Gasteiger partial charge in [0.2, 0.25) is 5.91 Å². The predicted octanol–water partition coefficient (Wildman–Crippen LogP) is 17.7. The molecule has 0 aliphatic heterocycles. The number of carbonyl (C=O) groups is 2. The first kappa shape index (κ1) is 70.6. The van der Waals surface area contributed by atoms with Gasteiger partial charge in [0.1, 0.15) is 19.3 Å². The second-order valence-corrected chi connectivity index (χ2v) is 21.3. The Balaban J connectivity index is 5.48. The van der Waals surface area contributed by atoms with Crippen molar-refractivity contribution in [3.05, 3.63) is 158 Å². The molecule has 0 aromatic carbocycles. The number of phosphoric acid groups is 1. The maximum absolute atomic E-state index is 13.5. The minimum absolute atomic E-state index is 0.0136. The average molecular weight is 1060 g/mol. The van der Waals surface area contributed by atoms with Crippen LogP contribution in [0.3, 0.4) is 0 Å². The highest BCUT2D eigenvalue weighted by Crippen LogP contribution is 2.43. The molecule has 0 aromatic rings. The van der Waals surface area contributed by atoms with Gasteiger partial charge in [-0.25, -0.2) is 4.57 Å². The quantitative estimate of drug-likeness (QED) is 0.0156. The van der Waals surface area contributed by atoms with E-state index in [1.54, 1.807) is 0 Å². The molecule has 0 heterocycles. The second kappa shape index (κ2) is 53.0. The Kier molecular flexibility index (Phi) is 50.0. The van der Waals surface area contributed by atoms with Gasteiger partial charge in [-0.2, -0.15) is 0 Å². The van der Waals surface area contributed by atoms with Crippen molar-refractivity contribution in [2.75, 3.05) is 40.9 Å². The number of allylic oxidation sites excluding steroid dienone is 25. The van der Waals surface area contributed by atoms with Crippen LogP contribution in [0, 0.1) is 0 Å². The molecule has 0 aliphatic carbocycles. The van der Waals surface area contributed by atoms with E-state index in [0.717, 1.165) is 96.3 Å². The van der Waals surface area contributed by atoms with E-state index in [9.17, 15) is 19.0 Å². The van der Waals surface area contributed by atoms with Crippen molar-refractivity contribution < 1.29 is 37.3 Å². The minimum Gasteiger partial charge on any atom is -0.456 e. The molecule has 0 spiro atoms. The molecule has 0 aromatic heterocycles. The molecule has 3 atom stereocenters. The molecular weight excluding hydrogens is 952 g/mol. The van der Waals surface area contributed by atoms with E-state index < -0.39 is 20.0 Å². The third-order valence-electron chi connectivity index (χ3n) is 11.6. The standard InChI is InChI=1S/C65H105N2O7P/c1-7-10-13-16-19-22-25-27-29-31-32-33-34-36-38-40-43-46-49-52-55-58-65(69)74-63(56-53-50-47-44-41-24-21-18-15-12-9-3)62(61-73-75(70,71)72-60-59-67(4,5)6)66-64(68)57-54-51-48-45-42-39-37-35-30-28-26-23-20-17-14-11-8-2/h10-11,13-14,17,19-20,22-23,26-30,32-33,35-39,42-43,46,53,56,62-63H,7-9,12,15-16,18,21,24-25,31,34,40-41,44-45,47-52,54-55,57-61H2,1-6H3,(H-,66,68,70,71)/p+1/b13-10-,14-11-,20-17+,22-19-,26-23+,29-27-,30-28-,33-32-,37-35+,38-36-,42-39+,46-43-,56-53+. The van der Waals surface area contributed by atoms with Crippen molar-refractivity contribution in [2.24, 2.45) is 0 Å². The van der Waals surface area contributed by atoms with Gasteiger partial charge in [-0.3, -0.25) is 18.6 Å². The summed E-state index contributed by atoms with van der Waals surface area (Å²) in [7, 11) is 1.41. The van der Waals surface area contributed by atoms with Crippen molar-refractivity contribution in [3.8, 4) is 0 Å². The number of hydrogen-bond acceptors (Lipinski definition) is 6. The van der Waals surface area contributed by atoms with Crippen LogP contribution in [-0.4, -0.2) is 74.3 Å². The van der Waals surface area contributed by atoms with E-state index >= 15 is 0 Å². The van der Waals surface area contributed by atoms with E-state index in [-0.39, 0.29) is 37.9 Å². The maximum atomic E-state index is 13.5. The Morgan fingerprint density at radius 2 is 0.920 bits per heavy atom. The Morgan fingerprint density at radius 3 is 1.45 bits per heavy atom. The zero-order chi connectivity index (χ0) is 55.0. The monoisotopic (exact) mass is 1060 g/mol. The molecule has 0 rings (SSSR count). The summed E-state index contributed by atoms with van der Waals surface area (Å²) in [5.41, 5.74) is 0. The van der Waals surface area contributed by atoms with Crippen LogP contribution in [0.2, 0.25) is 0 Å². The molecule has 3 unspecified atom stereocenters. The Bertz CT molecular complexity index is 1840. The van der Waals surface area contributed by atoms with E-state index in [0.29, 0.717) is 23.9 Å². The molecule has 10 heteroatoms. The smallest absolute Gasteiger partial charge is 0.456 e. The summed E-state index contributed by atoms with van der Waals surface area (Å²) >= 11 is 0.